The molecular formula is C14H17FN2O3. The Balaban J connectivity index is 2.16. The van der Waals surface area contributed by atoms with Gasteiger partial charge in [-0.15, -0.1) is 0 Å². The molecule has 1 fully saturated rings. The van der Waals surface area contributed by atoms with Crippen molar-refractivity contribution in [2.45, 2.75) is 6.92 Å². The number of rotatable bonds is 3. The van der Waals surface area contributed by atoms with Gasteiger partial charge < -0.3 is 15.4 Å². The highest BCUT2D eigenvalue weighted by atomic mass is 19.1. The maximum absolute atomic E-state index is 13.7. The Hall–Kier alpha value is -1.95. The maximum atomic E-state index is 13.7. The molecule has 2 atom stereocenters. The first-order chi connectivity index (χ1) is 9.52. The zero-order valence-electron chi connectivity index (χ0n) is 11.4. The Morgan fingerprint density at radius 1 is 1.40 bits per heavy atom. The summed E-state index contributed by atoms with van der Waals surface area (Å²) in [5, 5.41) is 5.65. The van der Waals surface area contributed by atoms with Crippen LogP contribution in [0, 0.1) is 17.7 Å². The number of halogens is 1. The Morgan fingerprint density at radius 3 is 2.75 bits per heavy atom. The second kappa shape index (κ2) is 6.00. The van der Waals surface area contributed by atoms with E-state index in [1.165, 1.54) is 19.2 Å². The summed E-state index contributed by atoms with van der Waals surface area (Å²) in [7, 11) is 1.25. The zero-order valence-corrected chi connectivity index (χ0v) is 11.4. The highest BCUT2D eigenvalue weighted by molar-refractivity contribution is 5.96. The predicted molar refractivity (Wildman–Crippen MR) is 71.9 cm³/mol. The maximum Gasteiger partial charge on any atom is 0.337 e. The number of anilines is 1. The second-order valence-electron chi connectivity index (χ2n) is 4.92. The highest BCUT2D eigenvalue weighted by Gasteiger charge is 2.30. The molecule has 0 spiro atoms. The van der Waals surface area contributed by atoms with Crippen molar-refractivity contribution in [3.05, 3.63) is 29.6 Å². The number of hydrogen-bond donors (Lipinski definition) is 2. The smallest absolute Gasteiger partial charge is 0.337 e. The minimum absolute atomic E-state index is 0.00278. The lowest BCUT2D eigenvalue weighted by molar-refractivity contribution is -0.120. The number of esters is 1. The van der Waals surface area contributed by atoms with E-state index in [2.05, 4.69) is 15.4 Å². The summed E-state index contributed by atoms with van der Waals surface area (Å²) in [5.74, 6) is -1.40. The van der Waals surface area contributed by atoms with Crippen molar-refractivity contribution in [3.8, 4) is 0 Å². The average Bonchev–Trinajstić information content (AvgIpc) is 2.86. The van der Waals surface area contributed by atoms with Crippen molar-refractivity contribution in [2.75, 3.05) is 25.5 Å². The fraction of sp³-hybridized carbons (Fsp3) is 0.429. The van der Waals surface area contributed by atoms with Gasteiger partial charge in [-0.2, -0.15) is 0 Å². The van der Waals surface area contributed by atoms with Gasteiger partial charge in [0.05, 0.1) is 24.3 Å². The molecule has 0 saturated carbocycles. The molecule has 108 valence electrons. The number of hydrogen-bond acceptors (Lipinski definition) is 4. The molecule has 2 rings (SSSR count). The van der Waals surface area contributed by atoms with E-state index in [9.17, 15) is 14.0 Å². The van der Waals surface area contributed by atoms with E-state index >= 15 is 0 Å². The average molecular weight is 280 g/mol. The molecule has 1 aromatic rings. The summed E-state index contributed by atoms with van der Waals surface area (Å²) in [4.78, 5) is 23.5. The van der Waals surface area contributed by atoms with Gasteiger partial charge in [0.25, 0.3) is 0 Å². The van der Waals surface area contributed by atoms with Gasteiger partial charge in [-0.3, -0.25) is 4.79 Å². The number of carbonyl (C=O) groups is 2. The molecular weight excluding hydrogens is 263 g/mol. The van der Waals surface area contributed by atoms with Crippen molar-refractivity contribution in [1.82, 2.24) is 5.32 Å². The number of nitrogens with one attached hydrogen (secondary N) is 2. The summed E-state index contributed by atoms with van der Waals surface area (Å²) in [6.07, 6.45) is 0. The third kappa shape index (κ3) is 2.96. The molecule has 0 aromatic heterocycles. The summed E-state index contributed by atoms with van der Waals surface area (Å²) in [6, 6.07) is 3.74. The summed E-state index contributed by atoms with van der Waals surface area (Å²) >= 11 is 0. The highest BCUT2D eigenvalue weighted by Crippen LogP contribution is 2.21. The van der Waals surface area contributed by atoms with Crippen LogP contribution in [-0.2, 0) is 9.53 Å². The molecule has 1 heterocycles. The van der Waals surface area contributed by atoms with Crippen LogP contribution in [-0.4, -0.2) is 32.1 Å². The molecule has 0 aliphatic carbocycles. The molecule has 1 saturated heterocycles. The molecule has 0 bridgehead atoms. The van der Waals surface area contributed by atoms with E-state index in [4.69, 9.17) is 0 Å². The standard InChI is InChI=1S/C14H17FN2O3/c1-8-6-16-7-10(8)13(18)17-12-5-9(14(19)20-2)3-4-11(12)15/h3-5,8,10,16H,6-7H2,1-2H3,(H,17,18)/t8-,10-/m1/s1. The van der Waals surface area contributed by atoms with Crippen molar-refractivity contribution in [3.63, 3.8) is 0 Å². The van der Waals surface area contributed by atoms with Crippen molar-refractivity contribution in [2.24, 2.45) is 11.8 Å². The first-order valence-electron chi connectivity index (χ1n) is 6.42. The fourth-order valence-corrected chi connectivity index (χ4v) is 2.25. The van der Waals surface area contributed by atoms with E-state index in [0.29, 0.717) is 6.54 Å². The molecule has 6 heteroatoms. The molecule has 5 nitrogen and oxygen atoms in total. The van der Waals surface area contributed by atoms with Crippen LogP contribution in [0.4, 0.5) is 10.1 Å². The van der Waals surface area contributed by atoms with E-state index in [0.717, 1.165) is 12.6 Å². The molecule has 1 aliphatic heterocycles. The molecule has 1 amide bonds. The lowest BCUT2D eigenvalue weighted by Crippen LogP contribution is -2.28. The third-order valence-electron chi connectivity index (χ3n) is 3.50. The zero-order chi connectivity index (χ0) is 14.7. The Kier molecular flexibility index (Phi) is 4.34. The van der Waals surface area contributed by atoms with Crippen molar-refractivity contribution < 1.29 is 18.7 Å². The summed E-state index contributed by atoms with van der Waals surface area (Å²) < 4.78 is 18.3. The van der Waals surface area contributed by atoms with E-state index in [-0.39, 0.29) is 29.0 Å². The third-order valence-corrected chi connectivity index (χ3v) is 3.50. The molecule has 20 heavy (non-hydrogen) atoms. The Morgan fingerprint density at radius 2 is 2.15 bits per heavy atom. The number of methoxy groups -OCH3 is 1. The first kappa shape index (κ1) is 14.5. The number of ether oxygens (including phenoxy) is 1. The molecule has 0 unspecified atom stereocenters. The topological polar surface area (TPSA) is 67.4 Å². The predicted octanol–water partition coefficient (Wildman–Crippen LogP) is 1.41. The van der Waals surface area contributed by atoms with Crippen LogP contribution in [0.25, 0.3) is 0 Å². The molecule has 1 aliphatic rings. The monoisotopic (exact) mass is 280 g/mol. The minimum atomic E-state index is -0.579. The van der Waals surface area contributed by atoms with Crippen molar-refractivity contribution >= 4 is 17.6 Å². The van der Waals surface area contributed by atoms with Gasteiger partial charge in [-0.05, 0) is 30.7 Å². The largest absolute Gasteiger partial charge is 0.465 e. The van der Waals surface area contributed by atoms with Crippen LogP contribution < -0.4 is 10.6 Å². The summed E-state index contributed by atoms with van der Waals surface area (Å²) in [5.41, 5.74) is 0.193. The van der Waals surface area contributed by atoms with Crippen LogP contribution in [0.3, 0.4) is 0 Å². The lowest BCUT2D eigenvalue weighted by Gasteiger charge is -2.15. The van der Waals surface area contributed by atoms with Crippen LogP contribution in [0.1, 0.15) is 17.3 Å². The fourth-order valence-electron chi connectivity index (χ4n) is 2.25. The Bertz CT molecular complexity index is 533. The van der Waals surface area contributed by atoms with E-state index in [1.807, 2.05) is 6.92 Å². The van der Waals surface area contributed by atoms with E-state index < -0.39 is 11.8 Å². The van der Waals surface area contributed by atoms with Gasteiger partial charge in [0.1, 0.15) is 5.82 Å². The quantitative estimate of drug-likeness (QED) is 0.821. The van der Waals surface area contributed by atoms with Crippen LogP contribution >= 0.6 is 0 Å². The minimum Gasteiger partial charge on any atom is -0.465 e. The van der Waals surface area contributed by atoms with Crippen LogP contribution in [0.2, 0.25) is 0 Å². The first-order valence-corrected chi connectivity index (χ1v) is 6.42. The Labute approximate surface area is 116 Å². The summed E-state index contributed by atoms with van der Waals surface area (Å²) in [6.45, 7) is 3.31. The van der Waals surface area contributed by atoms with E-state index in [1.54, 1.807) is 0 Å². The lowest BCUT2D eigenvalue weighted by atomic mass is 9.97. The number of carbonyl (C=O) groups excluding carboxylic acids is 2. The van der Waals surface area contributed by atoms with Gasteiger partial charge in [-0.1, -0.05) is 6.92 Å². The van der Waals surface area contributed by atoms with Gasteiger partial charge >= 0.3 is 5.97 Å². The van der Waals surface area contributed by atoms with Crippen molar-refractivity contribution in [1.29, 1.82) is 0 Å². The van der Waals surface area contributed by atoms with Gasteiger partial charge in [0.2, 0.25) is 5.91 Å². The van der Waals surface area contributed by atoms with Crippen LogP contribution in [0.15, 0.2) is 18.2 Å². The number of benzene rings is 1. The normalized spacial score (nSPS) is 21.6. The van der Waals surface area contributed by atoms with Gasteiger partial charge in [-0.25, -0.2) is 9.18 Å². The van der Waals surface area contributed by atoms with Crippen LogP contribution in [0.5, 0.6) is 0 Å². The SMILES string of the molecule is COC(=O)c1ccc(F)c(NC(=O)[C@@H]2CNC[C@H]2C)c1. The second-order valence-corrected chi connectivity index (χ2v) is 4.92. The molecule has 2 N–H and O–H groups in total. The van der Waals surface area contributed by atoms with Gasteiger partial charge in [0.15, 0.2) is 0 Å². The van der Waals surface area contributed by atoms with Gasteiger partial charge in [0, 0.05) is 6.54 Å². The molecule has 0 radical (unpaired) electrons. The number of amides is 1. The molecule has 1 aromatic carbocycles.